The van der Waals surface area contributed by atoms with Gasteiger partial charge in [0.1, 0.15) is 15.9 Å². The minimum Gasteiger partial charge on any atom is -0.337 e. The lowest BCUT2D eigenvalue weighted by atomic mass is 9.86. The van der Waals surface area contributed by atoms with E-state index in [1.807, 2.05) is 85.1 Å². The number of benzene rings is 3. The van der Waals surface area contributed by atoms with Gasteiger partial charge in [0.15, 0.2) is 5.52 Å². The summed E-state index contributed by atoms with van der Waals surface area (Å²) in [4.78, 5) is 33.1. The minimum atomic E-state index is -0.0841. The molecule has 5 aromatic carbocycles. The number of nitrogens with zero attached hydrogens (tertiary/aromatic N) is 7. The number of halogens is 3. The van der Waals surface area contributed by atoms with Crippen molar-refractivity contribution < 1.29 is 4.79 Å². The Kier molecular flexibility index (Phi) is 15.0. The van der Waals surface area contributed by atoms with Gasteiger partial charge in [-0.1, -0.05) is 23.2 Å². The van der Waals surface area contributed by atoms with Gasteiger partial charge in [0.25, 0.3) is 0 Å². The molecule has 2 aliphatic heterocycles. The van der Waals surface area contributed by atoms with Crippen molar-refractivity contribution in [1.29, 1.82) is 0 Å². The molecule has 0 unspecified atom stereocenters. The molecular formula is C57H56Cl3N9O+2. The highest BCUT2D eigenvalue weighted by Crippen LogP contribution is 2.40. The van der Waals surface area contributed by atoms with Gasteiger partial charge < -0.3 is 24.7 Å². The van der Waals surface area contributed by atoms with Crippen LogP contribution in [0.4, 0.5) is 10.5 Å². The number of urea groups is 1. The highest BCUT2D eigenvalue weighted by Gasteiger charge is 2.30. The number of anilines is 1. The summed E-state index contributed by atoms with van der Waals surface area (Å²) in [5.41, 5.74) is 8.18. The summed E-state index contributed by atoms with van der Waals surface area (Å²) in [5.74, 6) is 0.783. The first-order chi connectivity index (χ1) is 34.3. The normalized spacial score (nSPS) is 14.5. The predicted molar refractivity (Wildman–Crippen MR) is 287 cm³/mol. The molecule has 0 spiro atoms. The van der Waals surface area contributed by atoms with Gasteiger partial charge in [0.2, 0.25) is 0 Å². The van der Waals surface area contributed by atoms with Crippen molar-refractivity contribution in [3.05, 3.63) is 184 Å². The molecule has 13 heteroatoms. The maximum Gasteiger partial charge on any atom is 0.321 e. The minimum absolute atomic E-state index is 0.0841. The smallest absolute Gasteiger partial charge is 0.321 e. The van der Waals surface area contributed by atoms with E-state index in [2.05, 4.69) is 84.3 Å². The topological polar surface area (TPSA) is 106 Å². The van der Waals surface area contributed by atoms with Crippen molar-refractivity contribution in [3.8, 4) is 0 Å². The number of imidazole rings is 2. The number of nitrogens with one attached hydrogen (secondary N) is 2. The third kappa shape index (κ3) is 11.0. The van der Waals surface area contributed by atoms with E-state index in [1.54, 1.807) is 12.1 Å². The number of hydrogen-bond acceptors (Lipinski definition) is 6. The van der Waals surface area contributed by atoms with Gasteiger partial charge in [-0.05, 0) is 118 Å². The first kappa shape index (κ1) is 47.4. The van der Waals surface area contributed by atoms with Gasteiger partial charge >= 0.3 is 6.03 Å². The predicted octanol–water partition coefficient (Wildman–Crippen LogP) is 13.8. The van der Waals surface area contributed by atoms with E-state index in [0.717, 1.165) is 110 Å². The second-order valence-corrected chi connectivity index (χ2v) is 19.8. The zero-order valence-corrected chi connectivity index (χ0v) is 41.4. The molecule has 0 saturated carbocycles. The number of pyridine rings is 2. The van der Waals surface area contributed by atoms with E-state index in [4.69, 9.17) is 44.8 Å². The SMILES string of the molecule is Clc1ccc2c(c1)cc(CCCn1ccnc1)c1cccnc1[c+]2C1CCNCC1.O=C(Nc1ccc(Cl)cc1)N1CCC(c2c3ncccc3c(CCCn3ccnc3)c[c+]3cc(Cl)ccc23)CC1. The lowest BCUT2D eigenvalue weighted by molar-refractivity contribution is 0.195. The highest BCUT2D eigenvalue weighted by molar-refractivity contribution is 6.32. The Morgan fingerprint density at radius 1 is 0.686 bits per heavy atom. The van der Waals surface area contributed by atoms with Gasteiger partial charge in [-0.15, -0.1) is 0 Å². The molecular weight excluding hydrogens is 933 g/mol. The molecule has 354 valence electrons. The highest BCUT2D eigenvalue weighted by atomic mass is 35.5. The van der Waals surface area contributed by atoms with Crippen LogP contribution in [-0.4, -0.2) is 66.2 Å². The summed E-state index contributed by atoms with van der Waals surface area (Å²) in [6.07, 6.45) is 23.2. The average molecular weight is 989 g/mol. The van der Waals surface area contributed by atoms with Crippen molar-refractivity contribution in [2.75, 3.05) is 31.5 Å². The zero-order valence-electron chi connectivity index (χ0n) is 39.1. The standard InChI is InChI=1S/C32H29Cl2N5O.C25H26ClN4/c33-25-5-8-27(9-6-25)37-32(40)39-16-11-22(12-17-39)30-28-10-7-26(34)20-24(28)19-23(29-4-1-13-36-31(29)30)3-2-15-38-18-14-35-21-38;26-21-5-6-22-20(16-21)15-19(3-2-13-30-14-12-28-17-30)23-4-1-9-29-25(23)24(22)18-7-10-27-11-8-18/h1,4-10,13-14,18-22H,2-3,11-12,15-17H2;1,4-6,9,12,14-18,27H,2-3,7-8,10-11,13H2/q;+1/p+1. The van der Waals surface area contributed by atoms with Crippen molar-refractivity contribution in [1.82, 2.24) is 39.3 Å². The lowest BCUT2D eigenvalue weighted by Crippen LogP contribution is -2.40. The van der Waals surface area contributed by atoms with Gasteiger partial charge in [0.05, 0.1) is 50.3 Å². The number of aryl methyl sites for hydroxylation is 4. The van der Waals surface area contributed by atoms with E-state index in [1.165, 1.54) is 49.2 Å². The van der Waals surface area contributed by atoms with Crippen LogP contribution in [0.1, 0.15) is 72.6 Å². The summed E-state index contributed by atoms with van der Waals surface area (Å²) < 4.78 is 4.25. The summed E-state index contributed by atoms with van der Waals surface area (Å²) in [6.45, 7) is 5.32. The Balaban J connectivity index is 0.000000169. The molecule has 2 fully saturated rings. The van der Waals surface area contributed by atoms with Crippen molar-refractivity contribution in [2.24, 2.45) is 0 Å². The van der Waals surface area contributed by atoms with Crippen LogP contribution < -0.4 is 10.6 Å². The van der Waals surface area contributed by atoms with Crippen LogP contribution >= 0.6 is 34.8 Å². The molecule has 0 aliphatic carbocycles. The maximum atomic E-state index is 13.0. The van der Waals surface area contributed by atoms with Gasteiger partial charge in [-0.3, -0.25) is 0 Å². The van der Waals surface area contributed by atoms with Gasteiger partial charge in [-0.2, -0.15) is 0 Å². The number of rotatable bonds is 11. The molecule has 10 nitrogen and oxygen atoms in total. The molecule has 2 saturated heterocycles. The third-order valence-corrected chi connectivity index (χ3v) is 14.7. The fourth-order valence-corrected chi connectivity index (χ4v) is 11.0. The number of piperidine rings is 2. The molecule has 0 atom stereocenters. The average Bonchev–Trinajstić information content (AvgIpc) is 4.07. The van der Waals surface area contributed by atoms with Crippen molar-refractivity contribution in [3.63, 3.8) is 0 Å². The quantitative estimate of drug-likeness (QED) is 0.125. The fraction of sp³-hybridized carbons (Fsp3) is 0.281. The summed E-state index contributed by atoms with van der Waals surface area (Å²) >= 11 is 18.9. The number of carbonyl (C=O) groups excluding carboxylic acids is 1. The number of likely N-dealkylation sites (tertiary alicyclic amines) is 1. The van der Waals surface area contributed by atoms with Crippen LogP contribution in [0.5, 0.6) is 0 Å². The Labute approximate surface area is 423 Å². The molecule has 70 heavy (non-hydrogen) atoms. The Morgan fingerprint density at radius 2 is 1.34 bits per heavy atom. The van der Waals surface area contributed by atoms with E-state index in [0.29, 0.717) is 24.0 Å². The first-order valence-electron chi connectivity index (χ1n) is 24.4. The van der Waals surface area contributed by atoms with Crippen LogP contribution in [0.2, 0.25) is 15.1 Å². The molecule has 0 radical (unpaired) electrons. The monoisotopic (exact) mass is 987 g/mol. The van der Waals surface area contributed by atoms with Crippen molar-refractivity contribution in [2.45, 2.75) is 76.3 Å². The van der Waals surface area contributed by atoms with E-state index >= 15 is 0 Å². The second-order valence-electron chi connectivity index (χ2n) is 18.5. The van der Waals surface area contributed by atoms with Crippen LogP contribution in [0.15, 0.2) is 147 Å². The summed E-state index contributed by atoms with van der Waals surface area (Å²) in [7, 11) is 0. The number of amides is 2. The third-order valence-electron chi connectivity index (χ3n) is 14.0. The molecule has 2 aliphatic rings. The molecule has 2 N–H and O–H groups in total. The first-order valence-corrected chi connectivity index (χ1v) is 25.6. The van der Waals surface area contributed by atoms with Gasteiger partial charge in [0, 0.05) is 157 Å². The number of hydrogen-bond donors (Lipinski definition) is 2. The van der Waals surface area contributed by atoms with Crippen molar-refractivity contribution >= 4 is 89.9 Å². The van der Waals surface area contributed by atoms with E-state index in [-0.39, 0.29) is 11.9 Å². The summed E-state index contributed by atoms with van der Waals surface area (Å²) in [6, 6.07) is 32.7. The number of aromatic nitrogens is 6. The Morgan fingerprint density at radius 3 is 2.06 bits per heavy atom. The number of carbonyl (C=O) groups is 1. The molecule has 4 aromatic heterocycles. The second kappa shape index (κ2) is 22.2. The van der Waals surface area contributed by atoms with E-state index < -0.39 is 0 Å². The molecule has 9 aromatic rings. The largest absolute Gasteiger partial charge is 0.337 e. The maximum absolute atomic E-state index is 13.0. The molecule has 6 heterocycles. The summed E-state index contributed by atoms with van der Waals surface area (Å²) in [5, 5.41) is 15.9. The van der Waals surface area contributed by atoms with Crippen LogP contribution in [-0.2, 0) is 25.9 Å². The fourth-order valence-electron chi connectivity index (χ4n) is 10.5. The Hall–Kier alpha value is -6.30. The van der Waals surface area contributed by atoms with E-state index in [9.17, 15) is 4.79 Å². The molecule has 2 amide bonds. The molecule has 0 bridgehead atoms. The Bertz CT molecular complexity index is 3260. The van der Waals surface area contributed by atoms with Gasteiger partial charge in [-0.25, -0.2) is 24.7 Å². The lowest BCUT2D eigenvalue weighted by Gasteiger charge is -2.31. The number of fused-ring (bicyclic) bond motifs is 4. The van der Waals surface area contributed by atoms with Crippen LogP contribution in [0.25, 0.3) is 43.4 Å². The van der Waals surface area contributed by atoms with Crippen LogP contribution in [0.3, 0.4) is 0 Å². The molecule has 11 rings (SSSR count). The zero-order chi connectivity index (χ0) is 47.8. The van der Waals surface area contributed by atoms with Crippen LogP contribution in [0, 0.1) is 0 Å².